The summed E-state index contributed by atoms with van der Waals surface area (Å²) in [6.45, 7) is 3.63. The molecule has 8 nitrogen and oxygen atoms in total. The van der Waals surface area contributed by atoms with Crippen molar-refractivity contribution in [2.75, 3.05) is 5.32 Å². The van der Waals surface area contributed by atoms with Gasteiger partial charge in [0.15, 0.2) is 0 Å². The summed E-state index contributed by atoms with van der Waals surface area (Å²) in [7, 11) is -3.73. The van der Waals surface area contributed by atoms with Crippen molar-refractivity contribution in [2.45, 2.75) is 25.3 Å². The van der Waals surface area contributed by atoms with Crippen LogP contribution >= 0.6 is 0 Å². The Hall–Kier alpha value is -2.52. The molecule has 0 aliphatic rings. The lowest BCUT2D eigenvalue weighted by atomic mass is 10.2. The zero-order chi connectivity index (χ0) is 17.2. The Labute approximate surface area is 133 Å². The summed E-state index contributed by atoms with van der Waals surface area (Å²) in [5.41, 5.74) is 2.06. The van der Waals surface area contributed by atoms with Gasteiger partial charge < -0.3 is 5.32 Å². The van der Waals surface area contributed by atoms with Crippen LogP contribution in [0.5, 0.6) is 0 Å². The number of aryl methyl sites for hydroxylation is 2. The van der Waals surface area contributed by atoms with Crippen LogP contribution in [0, 0.1) is 24.0 Å². The van der Waals surface area contributed by atoms with Crippen LogP contribution in [-0.2, 0) is 16.6 Å². The van der Waals surface area contributed by atoms with Gasteiger partial charge in [0.05, 0.1) is 9.82 Å². The highest BCUT2D eigenvalue weighted by atomic mass is 32.2. The highest BCUT2D eigenvalue weighted by Gasteiger charge is 2.19. The number of hydrogen-bond donors (Lipinski definition) is 2. The molecular weight excluding hydrogens is 320 g/mol. The Balaban J connectivity index is 2.23. The molecule has 0 atom stereocenters. The van der Waals surface area contributed by atoms with Gasteiger partial charge >= 0.3 is 5.69 Å². The fourth-order valence-electron chi connectivity index (χ4n) is 2.18. The van der Waals surface area contributed by atoms with Crippen LogP contribution < -0.4 is 10.5 Å². The average Bonchev–Trinajstić information content (AvgIpc) is 2.43. The molecule has 23 heavy (non-hydrogen) atoms. The lowest BCUT2D eigenvalue weighted by Crippen LogP contribution is -2.12. The summed E-state index contributed by atoms with van der Waals surface area (Å²) in [6.07, 6.45) is 0. The minimum atomic E-state index is -3.73. The van der Waals surface area contributed by atoms with Crippen molar-refractivity contribution >= 4 is 21.4 Å². The second-order valence-corrected chi connectivity index (χ2v) is 6.61. The van der Waals surface area contributed by atoms with E-state index in [2.05, 4.69) is 10.3 Å². The van der Waals surface area contributed by atoms with E-state index in [1.165, 1.54) is 12.1 Å². The molecule has 0 aliphatic heterocycles. The molecule has 9 heteroatoms. The maximum absolute atomic E-state index is 11.2. The van der Waals surface area contributed by atoms with Crippen LogP contribution in [0.15, 0.2) is 35.2 Å². The number of sulfonamides is 1. The highest BCUT2D eigenvalue weighted by molar-refractivity contribution is 7.89. The quantitative estimate of drug-likeness (QED) is 0.633. The number of aromatic nitrogens is 1. The first kappa shape index (κ1) is 16.8. The molecule has 1 aromatic carbocycles. The van der Waals surface area contributed by atoms with E-state index in [-0.39, 0.29) is 10.6 Å². The molecule has 0 radical (unpaired) electrons. The van der Waals surface area contributed by atoms with E-state index in [9.17, 15) is 18.5 Å². The van der Waals surface area contributed by atoms with E-state index in [1.807, 2.05) is 0 Å². The van der Waals surface area contributed by atoms with Gasteiger partial charge in [-0.2, -0.15) is 0 Å². The maximum Gasteiger partial charge on any atom is 0.313 e. The van der Waals surface area contributed by atoms with Gasteiger partial charge in [0.1, 0.15) is 11.4 Å². The molecule has 0 saturated carbocycles. The predicted molar refractivity (Wildman–Crippen MR) is 85.5 cm³/mol. The minimum Gasteiger partial charge on any atom is -0.375 e. The molecule has 3 N–H and O–H groups in total. The van der Waals surface area contributed by atoms with E-state index in [0.717, 1.165) is 5.56 Å². The molecule has 0 fully saturated rings. The number of nitrogens with two attached hydrogens (primary N) is 1. The van der Waals surface area contributed by atoms with Gasteiger partial charge in [-0.25, -0.2) is 13.6 Å². The molecule has 1 heterocycles. The average molecular weight is 336 g/mol. The molecule has 0 spiro atoms. The van der Waals surface area contributed by atoms with Crippen LogP contribution in [-0.4, -0.2) is 18.3 Å². The van der Waals surface area contributed by atoms with E-state index in [0.29, 0.717) is 23.6 Å². The van der Waals surface area contributed by atoms with Gasteiger partial charge in [-0.3, -0.25) is 15.1 Å². The molecule has 0 bridgehead atoms. The van der Waals surface area contributed by atoms with Gasteiger partial charge in [-0.05, 0) is 37.6 Å². The minimum absolute atomic E-state index is 0.0165. The van der Waals surface area contributed by atoms with Crippen molar-refractivity contribution in [2.24, 2.45) is 5.14 Å². The number of nitrogens with one attached hydrogen (secondary N) is 1. The fraction of sp³-hybridized carbons (Fsp3) is 0.214. The third-order valence-corrected chi connectivity index (χ3v) is 4.14. The van der Waals surface area contributed by atoms with Gasteiger partial charge in [0, 0.05) is 12.2 Å². The SMILES string of the molecule is Cc1cc(NCc2ccc(S(N)(=O)=O)cc2)c([N+](=O)[O-])c(C)n1. The molecule has 0 unspecified atom stereocenters. The molecule has 2 rings (SSSR count). The zero-order valence-electron chi connectivity index (χ0n) is 12.6. The Morgan fingerprint density at radius 1 is 1.26 bits per heavy atom. The first-order valence-corrected chi connectivity index (χ1v) is 8.21. The summed E-state index contributed by atoms with van der Waals surface area (Å²) in [4.78, 5) is 14.8. The van der Waals surface area contributed by atoms with E-state index >= 15 is 0 Å². The van der Waals surface area contributed by atoms with Gasteiger partial charge in [-0.15, -0.1) is 0 Å². The van der Waals surface area contributed by atoms with Gasteiger partial charge in [0.2, 0.25) is 10.0 Å². The maximum atomic E-state index is 11.2. The van der Waals surface area contributed by atoms with Gasteiger partial charge in [-0.1, -0.05) is 12.1 Å². The van der Waals surface area contributed by atoms with Crippen molar-refractivity contribution in [1.29, 1.82) is 0 Å². The number of benzene rings is 1. The first-order chi connectivity index (χ1) is 10.7. The standard InChI is InChI=1S/C14H16N4O4S/c1-9-7-13(14(18(19)20)10(2)17-9)16-8-11-3-5-12(6-4-11)23(15,21)22/h3-7H,8H2,1-2H3,(H,16,17)(H2,15,21,22). The number of hydrogen-bond acceptors (Lipinski definition) is 6. The van der Waals surface area contributed by atoms with E-state index in [4.69, 9.17) is 5.14 Å². The number of nitrogens with zero attached hydrogens (tertiary/aromatic N) is 2. The number of rotatable bonds is 5. The van der Waals surface area contributed by atoms with Gasteiger partial charge in [0.25, 0.3) is 0 Å². The highest BCUT2D eigenvalue weighted by Crippen LogP contribution is 2.28. The summed E-state index contributed by atoms with van der Waals surface area (Å²) in [6, 6.07) is 7.58. The molecular formula is C14H16N4O4S. The van der Waals surface area contributed by atoms with Crippen LogP contribution in [0.25, 0.3) is 0 Å². The van der Waals surface area contributed by atoms with E-state index < -0.39 is 14.9 Å². The van der Waals surface area contributed by atoms with Crippen LogP contribution in [0.3, 0.4) is 0 Å². The Kier molecular flexibility index (Phi) is 4.62. The normalized spacial score (nSPS) is 11.3. The van der Waals surface area contributed by atoms with Crippen molar-refractivity contribution < 1.29 is 13.3 Å². The molecule has 2 aromatic rings. The van der Waals surface area contributed by atoms with Crippen molar-refractivity contribution in [3.63, 3.8) is 0 Å². The van der Waals surface area contributed by atoms with Crippen molar-refractivity contribution in [1.82, 2.24) is 4.98 Å². The second kappa shape index (κ2) is 6.31. The molecule has 122 valence electrons. The summed E-state index contributed by atoms with van der Waals surface area (Å²) in [5.74, 6) is 0. The molecule has 0 amide bonds. The summed E-state index contributed by atoms with van der Waals surface area (Å²) in [5, 5.41) is 19.2. The van der Waals surface area contributed by atoms with E-state index in [1.54, 1.807) is 32.0 Å². The second-order valence-electron chi connectivity index (χ2n) is 5.04. The third kappa shape index (κ3) is 4.02. The lowest BCUT2D eigenvalue weighted by molar-refractivity contribution is -0.384. The molecule has 0 aliphatic carbocycles. The van der Waals surface area contributed by atoms with Crippen molar-refractivity contribution in [3.8, 4) is 0 Å². The smallest absolute Gasteiger partial charge is 0.313 e. The summed E-state index contributed by atoms with van der Waals surface area (Å²) < 4.78 is 22.4. The largest absolute Gasteiger partial charge is 0.375 e. The zero-order valence-corrected chi connectivity index (χ0v) is 13.4. The Morgan fingerprint density at radius 3 is 2.39 bits per heavy atom. The molecule has 0 saturated heterocycles. The number of nitro groups is 1. The number of primary sulfonamides is 1. The van der Waals surface area contributed by atoms with Crippen LogP contribution in [0.4, 0.5) is 11.4 Å². The summed E-state index contributed by atoms with van der Waals surface area (Å²) >= 11 is 0. The van der Waals surface area contributed by atoms with Crippen molar-refractivity contribution in [3.05, 3.63) is 57.4 Å². The number of pyridine rings is 1. The Morgan fingerprint density at radius 2 is 1.87 bits per heavy atom. The monoisotopic (exact) mass is 336 g/mol. The van der Waals surface area contributed by atoms with Crippen LogP contribution in [0.1, 0.15) is 17.0 Å². The number of anilines is 1. The lowest BCUT2D eigenvalue weighted by Gasteiger charge is -2.10. The third-order valence-electron chi connectivity index (χ3n) is 3.21. The fourth-order valence-corrected chi connectivity index (χ4v) is 2.70. The predicted octanol–water partition coefficient (Wildman–Crippen LogP) is 1.87. The Bertz CT molecular complexity index is 848. The topological polar surface area (TPSA) is 128 Å². The first-order valence-electron chi connectivity index (χ1n) is 6.66. The van der Waals surface area contributed by atoms with Crippen LogP contribution in [0.2, 0.25) is 0 Å². The molecule has 1 aromatic heterocycles.